The van der Waals surface area contributed by atoms with E-state index >= 15 is 0 Å². The van der Waals surface area contributed by atoms with Crippen LogP contribution in [0.2, 0.25) is 0 Å². The van der Waals surface area contributed by atoms with Crippen LogP contribution >= 0.6 is 12.1 Å². The van der Waals surface area contributed by atoms with Crippen LogP contribution in [0, 0.1) is 0 Å². The van der Waals surface area contributed by atoms with Crippen molar-refractivity contribution in [3.8, 4) is 0 Å². The van der Waals surface area contributed by atoms with Crippen LogP contribution in [0.4, 0.5) is 11.4 Å². The Morgan fingerprint density at radius 3 is 3.12 bits per heavy atom. The van der Waals surface area contributed by atoms with Gasteiger partial charge in [-0.25, -0.2) is 0 Å². The molecule has 0 atom stereocenters. The highest BCUT2D eigenvalue weighted by molar-refractivity contribution is 7.99. The molecule has 82 valence electrons. The second-order valence-electron chi connectivity index (χ2n) is 3.01. The van der Waals surface area contributed by atoms with Gasteiger partial charge in [-0.15, -0.1) is 0 Å². The van der Waals surface area contributed by atoms with Crippen LogP contribution in [0.25, 0.3) is 0 Å². The summed E-state index contributed by atoms with van der Waals surface area (Å²) in [5.41, 5.74) is 7.52. The lowest BCUT2D eigenvalue weighted by Gasteiger charge is -2.17. The predicted octanol–water partition coefficient (Wildman–Crippen LogP) is 0.518. The van der Waals surface area contributed by atoms with E-state index in [4.69, 9.17) is 5.73 Å². The van der Waals surface area contributed by atoms with Crippen molar-refractivity contribution in [3.63, 3.8) is 0 Å². The largest absolute Gasteiger partial charge is 0.382 e. The zero-order chi connectivity index (χ0) is 11.5. The Morgan fingerprint density at radius 1 is 1.56 bits per heavy atom. The number of nitrogens with zero attached hydrogens (tertiary/aromatic N) is 1. The van der Waals surface area contributed by atoms with Crippen LogP contribution in [-0.2, 0) is 9.59 Å². The third-order valence-corrected chi connectivity index (χ3v) is 2.58. The first-order valence-corrected chi connectivity index (χ1v) is 5.14. The van der Waals surface area contributed by atoms with E-state index in [1.54, 1.807) is 18.2 Å². The summed E-state index contributed by atoms with van der Waals surface area (Å²) in [5, 5.41) is 2.43. The molecule has 1 amide bonds. The molecule has 1 aromatic rings. The summed E-state index contributed by atoms with van der Waals surface area (Å²) in [6.07, 6.45) is 0.206. The maximum Gasteiger partial charge on any atom is 0.288 e. The van der Waals surface area contributed by atoms with Crippen LogP contribution in [0.15, 0.2) is 22.6 Å². The minimum atomic E-state index is -0.723. The Hall–Kier alpha value is -2.02. The number of carbonyl (C=O) groups is 2. The average Bonchev–Trinajstić information content (AvgIpc) is 2.29. The zero-order valence-corrected chi connectivity index (χ0v) is 8.88. The number of benzene rings is 1. The molecule has 0 spiro atoms. The van der Waals surface area contributed by atoms with E-state index in [1.807, 2.05) is 0 Å². The molecule has 0 aromatic heterocycles. The second-order valence-corrected chi connectivity index (χ2v) is 3.57. The molecule has 7 heteroatoms. The summed E-state index contributed by atoms with van der Waals surface area (Å²) >= 11 is 1.11. The SMILES string of the molecule is NC1=NSNc2cccc(NC(=O)C=O)c21. The number of carbonyl (C=O) groups excluding carboxylic acids is 2. The Bertz CT molecular complexity index is 486. The molecule has 1 aromatic carbocycles. The summed E-state index contributed by atoms with van der Waals surface area (Å²) < 4.78 is 6.86. The summed E-state index contributed by atoms with van der Waals surface area (Å²) in [6.45, 7) is 0. The summed E-state index contributed by atoms with van der Waals surface area (Å²) in [5.74, 6) is -0.417. The van der Waals surface area contributed by atoms with Gasteiger partial charge < -0.3 is 15.8 Å². The third kappa shape index (κ3) is 1.84. The van der Waals surface area contributed by atoms with Gasteiger partial charge in [0.25, 0.3) is 5.91 Å². The molecule has 1 heterocycles. The summed E-state index contributed by atoms with van der Waals surface area (Å²) in [7, 11) is 0. The van der Waals surface area contributed by atoms with Crippen LogP contribution in [0.1, 0.15) is 5.56 Å². The topological polar surface area (TPSA) is 96.6 Å². The molecule has 0 aliphatic carbocycles. The van der Waals surface area contributed by atoms with Gasteiger partial charge in [0, 0.05) is 0 Å². The number of nitrogens with two attached hydrogens (primary N) is 1. The molecule has 0 saturated heterocycles. The van der Waals surface area contributed by atoms with Crippen LogP contribution in [0.5, 0.6) is 0 Å². The van der Waals surface area contributed by atoms with Gasteiger partial charge >= 0.3 is 0 Å². The Labute approximate surface area is 95.6 Å². The number of aldehydes is 1. The number of anilines is 2. The van der Waals surface area contributed by atoms with Crippen LogP contribution in [0.3, 0.4) is 0 Å². The fourth-order valence-corrected chi connectivity index (χ4v) is 1.85. The highest BCUT2D eigenvalue weighted by atomic mass is 32.2. The monoisotopic (exact) mass is 236 g/mol. The molecule has 2 rings (SSSR count). The van der Waals surface area contributed by atoms with Crippen LogP contribution in [-0.4, -0.2) is 18.0 Å². The van der Waals surface area contributed by atoms with Gasteiger partial charge in [-0.05, 0) is 12.1 Å². The van der Waals surface area contributed by atoms with Crippen molar-refractivity contribution < 1.29 is 9.59 Å². The van der Waals surface area contributed by atoms with Gasteiger partial charge in [0.2, 0.25) is 6.29 Å². The number of nitrogens with one attached hydrogen (secondary N) is 2. The average molecular weight is 236 g/mol. The van der Waals surface area contributed by atoms with Crippen LogP contribution < -0.4 is 15.8 Å². The minimum absolute atomic E-state index is 0.206. The second kappa shape index (κ2) is 4.23. The lowest BCUT2D eigenvalue weighted by atomic mass is 10.1. The third-order valence-electron chi connectivity index (χ3n) is 1.99. The van der Waals surface area contributed by atoms with Gasteiger partial charge in [0.15, 0.2) is 0 Å². The number of rotatable bonds is 2. The van der Waals surface area contributed by atoms with Gasteiger partial charge in [0.05, 0.1) is 29.1 Å². The van der Waals surface area contributed by atoms with Crippen molar-refractivity contribution in [1.82, 2.24) is 0 Å². The number of amidine groups is 1. The number of hydrogen-bond donors (Lipinski definition) is 3. The molecule has 0 bridgehead atoms. The highest BCUT2D eigenvalue weighted by Crippen LogP contribution is 2.30. The Kier molecular flexibility index (Phi) is 2.78. The molecule has 1 aliphatic rings. The molecule has 1 aliphatic heterocycles. The number of fused-ring (bicyclic) bond motifs is 1. The van der Waals surface area contributed by atoms with E-state index in [9.17, 15) is 9.59 Å². The van der Waals surface area contributed by atoms with Gasteiger partial charge in [0.1, 0.15) is 5.84 Å². The maximum absolute atomic E-state index is 11.0. The standard InChI is InChI=1S/C9H8N4O2S/c10-9-8-5(11-7(15)4-14)2-1-3-6(8)12-16-13-9/h1-4,12H,(H2,10,13)(H,11,15). The first kappa shape index (κ1) is 10.5. The molecule has 0 fully saturated rings. The summed E-state index contributed by atoms with van der Waals surface area (Å²) in [6, 6.07) is 5.20. The quantitative estimate of drug-likeness (QED) is 0.395. The van der Waals surface area contributed by atoms with Gasteiger partial charge in [-0.2, -0.15) is 4.40 Å². The van der Waals surface area contributed by atoms with Crippen molar-refractivity contribution in [2.24, 2.45) is 10.1 Å². The molecule has 6 nitrogen and oxygen atoms in total. The minimum Gasteiger partial charge on any atom is -0.382 e. The van der Waals surface area contributed by atoms with Gasteiger partial charge in [-0.3, -0.25) is 9.59 Å². The van der Waals surface area contributed by atoms with E-state index in [0.717, 1.165) is 17.8 Å². The fourth-order valence-electron chi connectivity index (χ4n) is 1.35. The summed E-state index contributed by atoms with van der Waals surface area (Å²) in [4.78, 5) is 21.3. The Balaban J connectivity index is 2.44. The van der Waals surface area contributed by atoms with Crippen molar-refractivity contribution in [3.05, 3.63) is 23.8 Å². The molecule has 0 radical (unpaired) electrons. The van der Waals surface area contributed by atoms with Crippen molar-refractivity contribution in [2.45, 2.75) is 0 Å². The van der Waals surface area contributed by atoms with E-state index in [1.165, 1.54) is 0 Å². The Morgan fingerprint density at radius 2 is 2.38 bits per heavy atom. The normalized spacial score (nSPS) is 13.1. The molecule has 16 heavy (non-hydrogen) atoms. The first-order chi connectivity index (χ1) is 7.72. The van der Waals surface area contributed by atoms with Crippen molar-refractivity contribution in [2.75, 3.05) is 10.0 Å². The van der Waals surface area contributed by atoms with Gasteiger partial charge in [-0.1, -0.05) is 6.07 Å². The van der Waals surface area contributed by atoms with E-state index in [0.29, 0.717) is 17.1 Å². The molecular weight excluding hydrogens is 228 g/mol. The predicted molar refractivity (Wildman–Crippen MR) is 63.1 cm³/mol. The first-order valence-electron chi connectivity index (χ1n) is 4.37. The van der Waals surface area contributed by atoms with E-state index in [-0.39, 0.29) is 6.29 Å². The van der Waals surface area contributed by atoms with Crippen molar-refractivity contribution >= 4 is 41.5 Å². The smallest absolute Gasteiger partial charge is 0.288 e. The number of amides is 1. The molecule has 0 unspecified atom stereocenters. The zero-order valence-electron chi connectivity index (χ0n) is 8.06. The molecule has 4 N–H and O–H groups in total. The van der Waals surface area contributed by atoms with E-state index < -0.39 is 5.91 Å². The van der Waals surface area contributed by atoms with E-state index in [2.05, 4.69) is 14.4 Å². The maximum atomic E-state index is 11.0. The lowest BCUT2D eigenvalue weighted by Crippen LogP contribution is -2.22. The number of hydrogen-bond acceptors (Lipinski definition) is 6. The fraction of sp³-hybridized carbons (Fsp3) is 0. The molecular formula is C9H8N4O2S. The van der Waals surface area contributed by atoms with Crippen molar-refractivity contribution in [1.29, 1.82) is 0 Å². The molecule has 0 saturated carbocycles. The lowest BCUT2D eigenvalue weighted by molar-refractivity contribution is -0.127. The highest BCUT2D eigenvalue weighted by Gasteiger charge is 2.17.